The minimum absolute atomic E-state index is 0.166. The Bertz CT molecular complexity index is 616. The predicted octanol–water partition coefficient (Wildman–Crippen LogP) is 0.402. The molecule has 3 N–H and O–H groups in total. The summed E-state index contributed by atoms with van der Waals surface area (Å²) in [5.41, 5.74) is 4.35. The molecule has 0 radical (unpaired) electrons. The summed E-state index contributed by atoms with van der Waals surface area (Å²) in [4.78, 5) is 20.0. The summed E-state index contributed by atoms with van der Waals surface area (Å²) in [5, 5.41) is 10.5. The van der Waals surface area contributed by atoms with Crippen molar-refractivity contribution in [1.29, 1.82) is 0 Å². The summed E-state index contributed by atoms with van der Waals surface area (Å²) < 4.78 is 25.6. The van der Waals surface area contributed by atoms with Crippen molar-refractivity contribution >= 4 is 33.2 Å². The molecule has 1 aromatic carbocycles. The lowest BCUT2D eigenvalue weighted by molar-refractivity contribution is -0.384. The molecule has 19 heavy (non-hydrogen) atoms. The van der Waals surface area contributed by atoms with Gasteiger partial charge in [-0.3, -0.25) is 14.9 Å². The number of halogens is 1. The van der Waals surface area contributed by atoms with Gasteiger partial charge in [0, 0.05) is 19.0 Å². The van der Waals surface area contributed by atoms with Gasteiger partial charge in [0.2, 0.25) is 15.9 Å². The van der Waals surface area contributed by atoms with Crippen LogP contribution in [0.15, 0.2) is 23.1 Å². The molecule has 8 nitrogen and oxygen atoms in total. The molecule has 0 aliphatic carbocycles. The van der Waals surface area contributed by atoms with Crippen LogP contribution in [0.2, 0.25) is 5.02 Å². The third-order valence-electron chi connectivity index (χ3n) is 2.09. The molecule has 0 saturated heterocycles. The van der Waals surface area contributed by atoms with E-state index in [-0.39, 0.29) is 22.9 Å². The number of primary amides is 1. The van der Waals surface area contributed by atoms with E-state index >= 15 is 0 Å². The van der Waals surface area contributed by atoms with E-state index in [1.165, 1.54) is 0 Å². The van der Waals surface area contributed by atoms with E-state index in [0.717, 1.165) is 18.2 Å². The molecule has 1 aromatic rings. The number of hydrogen-bond donors (Lipinski definition) is 2. The van der Waals surface area contributed by atoms with Crippen LogP contribution in [0.4, 0.5) is 5.69 Å². The van der Waals surface area contributed by atoms with Gasteiger partial charge in [-0.1, -0.05) is 11.6 Å². The van der Waals surface area contributed by atoms with Crippen LogP contribution in [0.5, 0.6) is 0 Å². The Kier molecular flexibility index (Phi) is 4.81. The van der Waals surface area contributed by atoms with Crippen molar-refractivity contribution in [3.63, 3.8) is 0 Å². The van der Waals surface area contributed by atoms with Gasteiger partial charge in [-0.25, -0.2) is 13.1 Å². The lowest BCUT2D eigenvalue weighted by Gasteiger charge is -2.06. The number of nitrogens with one attached hydrogen (secondary N) is 1. The number of nitro benzene ring substituents is 1. The SMILES string of the molecule is NC(=O)CCNS(=O)(=O)c1ccc(Cl)c([N+](=O)[O-])c1. The first kappa shape index (κ1) is 15.3. The molecule has 0 bridgehead atoms. The molecule has 0 fully saturated rings. The number of sulfonamides is 1. The second-order valence-electron chi connectivity index (χ2n) is 3.48. The fraction of sp³-hybridized carbons (Fsp3) is 0.222. The standard InChI is InChI=1S/C9H10ClN3O5S/c10-7-2-1-6(5-8(7)13(15)16)19(17,18)12-4-3-9(11)14/h1-2,5,12H,3-4H2,(H2,11,14). The topological polar surface area (TPSA) is 132 Å². The zero-order valence-electron chi connectivity index (χ0n) is 9.50. The molecular formula is C9H10ClN3O5S. The number of benzene rings is 1. The highest BCUT2D eigenvalue weighted by atomic mass is 35.5. The Hall–Kier alpha value is -1.71. The molecule has 0 saturated carbocycles. The molecule has 0 spiro atoms. The Morgan fingerprint density at radius 3 is 2.63 bits per heavy atom. The van der Waals surface area contributed by atoms with Crippen molar-refractivity contribution in [2.75, 3.05) is 6.54 Å². The van der Waals surface area contributed by atoms with E-state index in [2.05, 4.69) is 4.72 Å². The molecule has 1 amide bonds. The second kappa shape index (κ2) is 5.95. The van der Waals surface area contributed by atoms with Crippen LogP contribution in [0.3, 0.4) is 0 Å². The number of carbonyl (C=O) groups is 1. The Labute approximate surface area is 113 Å². The van der Waals surface area contributed by atoms with Gasteiger partial charge in [-0.2, -0.15) is 0 Å². The zero-order chi connectivity index (χ0) is 14.6. The fourth-order valence-corrected chi connectivity index (χ4v) is 2.43. The van der Waals surface area contributed by atoms with Gasteiger partial charge in [0.05, 0.1) is 9.82 Å². The van der Waals surface area contributed by atoms with E-state index < -0.39 is 26.5 Å². The molecule has 10 heteroatoms. The van der Waals surface area contributed by atoms with E-state index in [1.54, 1.807) is 0 Å². The summed E-state index contributed by atoms with van der Waals surface area (Å²) in [7, 11) is -3.95. The summed E-state index contributed by atoms with van der Waals surface area (Å²) in [6.07, 6.45) is -0.172. The van der Waals surface area contributed by atoms with Crippen molar-refractivity contribution < 1.29 is 18.1 Å². The number of nitrogens with two attached hydrogens (primary N) is 1. The number of nitro groups is 1. The molecule has 104 valence electrons. The molecule has 1 rings (SSSR count). The highest BCUT2D eigenvalue weighted by molar-refractivity contribution is 7.89. The molecular weight excluding hydrogens is 298 g/mol. The predicted molar refractivity (Wildman–Crippen MR) is 67.1 cm³/mol. The van der Waals surface area contributed by atoms with Crippen LogP contribution in [-0.2, 0) is 14.8 Å². The molecule has 0 heterocycles. The fourth-order valence-electron chi connectivity index (χ4n) is 1.19. The maximum atomic E-state index is 11.8. The van der Waals surface area contributed by atoms with Crippen molar-refractivity contribution in [2.45, 2.75) is 11.3 Å². The monoisotopic (exact) mass is 307 g/mol. The van der Waals surface area contributed by atoms with Gasteiger partial charge >= 0.3 is 0 Å². The van der Waals surface area contributed by atoms with Crippen molar-refractivity contribution in [3.05, 3.63) is 33.3 Å². The van der Waals surface area contributed by atoms with Gasteiger partial charge in [0.15, 0.2) is 0 Å². The van der Waals surface area contributed by atoms with Gasteiger partial charge in [-0.05, 0) is 12.1 Å². The summed E-state index contributed by atoms with van der Waals surface area (Å²) >= 11 is 5.57. The van der Waals surface area contributed by atoms with Crippen molar-refractivity contribution in [3.8, 4) is 0 Å². The van der Waals surface area contributed by atoms with Crippen LogP contribution >= 0.6 is 11.6 Å². The molecule has 0 aliphatic heterocycles. The zero-order valence-corrected chi connectivity index (χ0v) is 11.1. The van der Waals surface area contributed by atoms with E-state index in [0.29, 0.717) is 0 Å². The first-order chi connectivity index (χ1) is 8.74. The third kappa shape index (κ3) is 4.16. The quantitative estimate of drug-likeness (QED) is 0.580. The maximum Gasteiger partial charge on any atom is 0.289 e. The van der Waals surface area contributed by atoms with E-state index in [4.69, 9.17) is 17.3 Å². The third-order valence-corrected chi connectivity index (χ3v) is 3.87. The van der Waals surface area contributed by atoms with E-state index in [9.17, 15) is 23.3 Å². The van der Waals surface area contributed by atoms with Gasteiger partial charge in [-0.15, -0.1) is 0 Å². The minimum atomic E-state index is -3.95. The highest BCUT2D eigenvalue weighted by Crippen LogP contribution is 2.26. The highest BCUT2D eigenvalue weighted by Gasteiger charge is 2.20. The van der Waals surface area contributed by atoms with Gasteiger partial charge in [0.25, 0.3) is 5.69 Å². The first-order valence-electron chi connectivity index (χ1n) is 4.96. The number of carbonyl (C=O) groups excluding carboxylic acids is 1. The number of nitrogens with zero attached hydrogens (tertiary/aromatic N) is 1. The van der Waals surface area contributed by atoms with Crippen LogP contribution in [-0.4, -0.2) is 25.8 Å². The first-order valence-corrected chi connectivity index (χ1v) is 6.82. The Balaban J connectivity index is 2.99. The van der Waals surface area contributed by atoms with Crippen LogP contribution in [0.25, 0.3) is 0 Å². The van der Waals surface area contributed by atoms with Crippen molar-refractivity contribution in [2.24, 2.45) is 5.73 Å². The molecule has 0 aliphatic rings. The van der Waals surface area contributed by atoms with Crippen LogP contribution in [0, 0.1) is 10.1 Å². The normalized spacial score (nSPS) is 11.2. The average molecular weight is 308 g/mol. The van der Waals surface area contributed by atoms with Gasteiger partial charge < -0.3 is 5.73 Å². The summed E-state index contributed by atoms with van der Waals surface area (Å²) in [6, 6.07) is 3.08. The molecule has 0 unspecified atom stereocenters. The molecule has 0 aromatic heterocycles. The minimum Gasteiger partial charge on any atom is -0.370 e. The number of rotatable bonds is 6. The lowest BCUT2D eigenvalue weighted by Crippen LogP contribution is -2.28. The second-order valence-corrected chi connectivity index (χ2v) is 5.66. The van der Waals surface area contributed by atoms with Crippen LogP contribution < -0.4 is 10.5 Å². The van der Waals surface area contributed by atoms with Gasteiger partial charge in [0.1, 0.15) is 5.02 Å². The van der Waals surface area contributed by atoms with Crippen LogP contribution in [0.1, 0.15) is 6.42 Å². The van der Waals surface area contributed by atoms with E-state index in [1.807, 2.05) is 0 Å². The Morgan fingerprint density at radius 2 is 2.11 bits per heavy atom. The summed E-state index contributed by atoms with van der Waals surface area (Å²) in [6.45, 7) is -0.186. The Morgan fingerprint density at radius 1 is 1.47 bits per heavy atom. The summed E-state index contributed by atoms with van der Waals surface area (Å²) in [5.74, 6) is -0.662. The largest absolute Gasteiger partial charge is 0.370 e. The number of hydrogen-bond acceptors (Lipinski definition) is 5. The smallest absolute Gasteiger partial charge is 0.289 e. The molecule has 0 atom stereocenters. The van der Waals surface area contributed by atoms with Crippen molar-refractivity contribution in [1.82, 2.24) is 4.72 Å². The maximum absolute atomic E-state index is 11.8. The average Bonchev–Trinajstić information content (AvgIpc) is 2.27. The lowest BCUT2D eigenvalue weighted by atomic mass is 10.3. The number of amides is 1.